The Bertz CT molecular complexity index is 336. The molecule has 0 fully saturated rings. The van der Waals surface area contributed by atoms with E-state index in [0.29, 0.717) is 19.4 Å². The zero-order valence-electron chi connectivity index (χ0n) is 9.59. The summed E-state index contributed by atoms with van der Waals surface area (Å²) in [4.78, 5) is 11.0. The van der Waals surface area contributed by atoms with E-state index in [0.717, 1.165) is 18.5 Å². The van der Waals surface area contributed by atoms with Crippen molar-refractivity contribution < 1.29 is 9.90 Å². The van der Waals surface area contributed by atoms with Crippen LogP contribution in [-0.4, -0.2) is 27.4 Å². The van der Waals surface area contributed by atoms with Gasteiger partial charge in [-0.05, 0) is 25.5 Å². The predicted molar refractivity (Wildman–Crippen MR) is 60.9 cm³/mol. The number of rotatable bonds is 7. The van der Waals surface area contributed by atoms with Gasteiger partial charge in [-0.1, -0.05) is 6.42 Å². The molecule has 0 amide bonds. The van der Waals surface area contributed by atoms with Crippen LogP contribution < -0.4 is 5.73 Å². The summed E-state index contributed by atoms with van der Waals surface area (Å²) in [5, 5.41) is 13.3. The fourth-order valence-electron chi connectivity index (χ4n) is 1.67. The molecule has 1 heterocycles. The normalized spacial score (nSPS) is 12.6. The Morgan fingerprint density at radius 2 is 2.38 bits per heavy atom. The molecule has 0 radical (unpaired) electrons. The highest BCUT2D eigenvalue weighted by Gasteiger charge is 2.18. The van der Waals surface area contributed by atoms with E-state index in [4.69, 9.17) is 10.8 Å². The summed E-state index contributed by atoms with van der Waals surface area (Å²) in [6, 6.07) is 1.86. The van der Waals surface area contributed by atoms with E-state index < -0.39 is 5.97 Å². The van der Waals surface area contributed by atoms with Crippen LogP contribution in [0.25, 0.3) is 0 Å². The Hall–Kier alpha value is -1.36. The predicted octanol–water partition coefficient (Wildman–Crippen LogP) is 0.792. The van der Waals surface area contributed by atoms with Crippen molar-refractivity contribution in [2.45, 2.75) is 25.7 Å². The van der Waals surface area contributed by atoms with Crippen molar-refractivity contribution in [1.82, 2.24) is 9.78 Å². The molecule has 0 saturated heterocycles. The number of hydrogen-bond acceptors (Lipinski definition) is 3. The van der Waals surface area contributed by atoms with Crippen molar-refractivity contribution in [3.8, 4) is 0 Å². The van der Waals surface area contributed by atoms with Gasteiger partial charge in [-0.25, -0.2) is 0 Å². The molecule has 0 aliphatic heterocycles. The molecule has 0 aromatic carbocycles. The van der Waals surface area contributed by atoms with Crippen LogP contribution in [0.2, 0.25) is 0 Å². The lowest BCUT2D eigenvalue weighted by Gasteiger charge is -2.09. The fourth-order valence-corrected chi connectivity index (χ4v) is 1.67. The van der Waals surface area contributed by atoms with Crippen molar-refractivity contribution in [3.63, 3.8) is 0 Å². The first-order chi connectivity index (χ1) is 7.63. The average Bonchev–Trinajstić information content (AvgIpc) is 2.63. The van der Waals surface area contributed by atoms with Crippen LogP contribution in [0, 0.1) is 5.92 Å². The highest BCUT2D eigenvalue weighted by atomic mass is 16.4. The van der Waals surface area contributed by atoms with Crippen molar-refractivity contribution >= 4 is 5.97 Å². The molecule has 16 heavy (non-hydrogen) atoms. The zero-order chi connectivity index (χ0) is 12.0. The Kier molecular flexibility index (Phi) is 4.98. The molecular weight excluding hydrogens is 206 g/mol. The van der Waals surface area contributed by atoms with Crippen molar-refractivity contribution in [2.75, 3.05) is 6.54 Å². The Morgan fingerprint density at radius 1 is 1.62 bits per heavy atom. The number of unbranched alkanes of at least 4 members (excludes halogenated alkanes) is 1. The van der Waals surface area contributed by atoms with E-state index >= 15 is 0 Å². The minimum atomic E-state index is -0.748. The number of carbonyl (C=O) groups is 1. The van der Waals surface area contributed by atoms with Crippen LogP contribution >= 0.6 is 0 Å². The van der Waals surface area contributed by atoms with E-state index in [9.17, 15) is 4.79 Å². The number of nitrogens with zero attached hydrogens (tertiary/aromatic N) is 2. The standard InChI is InChI=1S/C11H19N3O2/c1-14-7-5-10(13-14)8-9(11(15)16)4-2-3-6-12/h5,7,9H,2-4,6,8,12H2,1H3,(H,15,16). The molecule has 90 valence electrons. The molecule has 5 heteroatoms. The van der Waals surface area contributed by atoms with Gasteiger partial charge >= 0.3 is 5.97 Å². The minimum absolute atomic E-state index is 0.346. The molecule has 1 atom stereocenters. The summed E-state index contributed by atoms with van der Waals surface area (Å²) in [5.41, 5.74) is 6.22. The third kappa shape index (κ3) is 4.02. The van der Waals surface area contributed by atoms with Gasteiger partial charge in [0.2, 0.25) is 0 Å². The lowest BCUT2D eigenvalue weighted by atomic mass is 9.97. The maximum absolute atomic E-state index is 11.0. The molecular formula is C11H19N3O2. The number of carboxylic acids is 1. The summed E-state index contributed by atoms with van der Waals surface area (Å²) in [7, 11) is 1.83. The van der Waals surface area contributed by atoms with Crippen molar-refractivity contribution in [2.24, 2.45) is 18.7 Å². The molecule has 1 rings (SSSR count). The number of carboxylic acid groups (broad SMARTS) is 1. The second-order valence-electron chi connectivity index (χ2n) is 4.00. The van der Waals surface area contributed by atoms with Gasteiger partial charge in [0.05, 0.1) is 11.6 Å². The average molecular weight is 225 g/mol. The largest absolute Gasteiger partial charge is 0.481 e. The summed E-state index contributed by atoms with van der Waals surface area (Å²) in [5.74, 6) is -1.09. The monoisotopic (exact) mass is 225 g/mol. The van der Waals surface area contributed by atoms with Gasteiger partial charge in [-0.2, -0.15) is 5.10 Å². The van der Waals surface area contributed by atoms with Gasteiger partial charge in [0.25, 0.3) is 0 Å². The van der Waals surface area contributed by atoms with Gasteiger partial charge in [0.1, 0.15) is 0 Å². The smallest absolute Gasteiger partial charge is 0.306 e. The van der Waals surface area contributed by atoms with Crippen LogP contribution in [0.4, 0.5) is 0 Å². The number of aliphatic carboxylic acids is 1. The van der Waals surface area contributed by atoms with Crippen molar-refractivity contribution in [1.29, 1.82) is 0 Å². The van der Waals surface area contributed by atoms with Gasteiger partial charge in [-0.15, -0.1) is 0 Å². The third-order valence-corrected chi connectivity index (χ3v) is 2.58. The second kappa shape index (κ2) is 6.27. The number of aryl methyl sites for hydroxylation is 1. The number of nitrogens with two attached hydrogens (primary N) is 1. The summed E-state index contributed by atoms with van der Waals surface area (Å²) >= 11 is 0. The van der Waals surface area contributed by atoms with Crippen LogP contribution in [0.3, 0.4) is 0 Å². The molecule has 0 aliphatic rings. The van der Waals surface area contributed by atoms with E-state index in [1.165, 1.54) is 0 Å². The highest BCUT2D eigenvalue weighted by Crippen LogP contribution is 2.14. The van der Waals surface area contributed by atoms with Gasteiger partial charge < -0.3 is 10.8 Å². The SMILES string of the molecule is Cn1ccc(CC(CCCCN)C(=O)O)n1. The topological polar surface area (TPSA) is 81.1 Å². The first-order valence-corrected chi connectivity index (χ1v) is 5.55. The fraction of sp³-hybridized carbons (Fsp3) is 0.636. The summed E-state index contributed by atoms with van der Waals surface area (Å²) < 4.78 is 1.69. The molecule has 0 bridgehead atoms. The van der Waals surface area contributed by atoms with Crippen LogP contribution in [0.5, 0.6) is 0 Å². The number of hydrogen-bond donors (Lipinski definition) is 2. The first kappa shape index (κ1) is 12.7. The quantitative estimate of drug-likeness (QED) is 0.672. The van der Waals surface area contributed by atoms with E-state index in [2.05, 4.69) is 5.10 Å². The Labute approximate surface area is 95.3 Å². The van der Waals surface area contributed by atoms with E-state index in [-0.39, 0.29) is 5.92 Å². The Balaban J connectivity index is 2.47. The van der Waals surface area contributed by atoms with Crippen LogP contribution in [-0.2, 0) is 18.3 Å². The summed E-state index contributed by atoms with van der Waals surface area (Å²) in [6.07, 6.45) is 4.74. The molecule has 0 aliphatic carbocycles. The lowest BCUT2D eigenvalue weighted by molar-refractivity contribution is -0.142. The Morgan fingerprint density at radius 3 is 2.88 bits per heavy atom. The third-order valence-electron chi connectivity index (χ3n) is 2.58. The maximum Gasteiger partial charge on any atom is 0.306 e. The maximum atomic E-state index is 11.0. The van der Waals surface area contributed by atoms with Gasteiger partial charge in [0.15, 0.2) is 0 Å². The van der Waals surface area contributed by atoms with Crippen LogP contribution in [0.15, 0.2) is 12.3 Å². The molecule has 0 saturated carbocycles. The lowest BCUT2D eigenvalue weighted by Crippen LogP contribution is -2.17. The number of aromatic nitrogens is 2. The molecule has 1 aromatic rings. The van der Waals surface area contributed by atoms with Crippen LogP contribution in [0.1, 0.15) is 25.0 Å². The van der Waals surface area contributed by atoms with E-state index in [1.807, 2.05) is 19.3 Å². The highest BCUT2D eigenvalue weighted by molar-refractivity contribution is 5.70. The molecule has 3 N–H and O–H groups in total. The minimum Gasteiger partial charge on any atom is -0.481 e. The summed E-state index contributed by atoms with van der Waals surface area (Å²) in [6.45, 7) is 0.621. The molecule has 1 aromatic heterocycles. The zero-order valence-corrected chi connectivity index (χ0v) is 9.59. The molecule has 1 unspecified atom stereocenters. The molecule has 0 spiro atoms. The molecule has 5 nitrogen and oxygen atoms in total. The first-order valence-electron chi connectivity index (χ1n) is 5.55. The van der Waals surface area contributed by atoms with Crippen molar-refractivity contribution in [3.05, 3.63) is 18.0 Å². The van der Waals surface area contributed by atoms with Gasteiger partial charge in [0, 0.05) is 19.7 Å². The second-order valence-corrected chi connectivity index (χ2v) is 4.00. The van der Waals surface area contributed by atoms with Gasteiger partial charge in [-0.3, -0.25) is 9.48 Å². The van der Waals surface area contributed by atoms with E-state index in [1.54, 1.807) is 4.68 Å².